The molecule has 2 nitrogen and oxygen atoms in total. The zero-order chi connectivity index (χ0) is 16.0. The van der Waals surface area contributed by atoms with Gasteiger partial charge in [-0.2, -0.15) is 0 Å². The Morgan fingerprint density at radius 2 is 2.05 bits per heavy atom. The second-order valence-corrected chi connectivity index (χ2v) is 6.42. The monoisotopic (exact) mass is 304 g/mol. The van der Waals surface area contributed by atoms with Gasteiger partial charge in [-0.15, -0.1) is 5.92 Å². The van der Waals surface area contributed by atoms with Crippen molar-refractivity contribution in [2.24, 2.45) is 11.8 Å². The first-order valence-electron chi connectivity index (χ1n) is 9.09. The van der Waals surface area contributed by atoms with E-state index in [2.05, 4.69) is 30.9 Å². The van der Waals surface area contributed by atoms with Crippen molar-refractivity contribution in [2.75, 3.05) is 0 Å². The third-order valence-electron chi connectivity index (χ3n) is 4.47. The highest BCUT2D eigenvalue weighted by atomic mass is 16.4. The molecule has 22 heavy (non-hydrogen) atoms. The smallest absolute Gasteiger partial charge is 0.303 e. The number of hydrogen-bond acceptors (Lipinski definition) is 1. The maximum atomic E-state index is 10.4. The molecule has 0 aliphatic heterocycles. The van der Waals surface area contributed by atoms with Crippen LogP contribution in [0.15, 0.2) is 12.2 Å². The second kappa shape index (κ2) is 12.3. The van der Waals surface area contributed by atoms with Crippen molar-refractivity contribution in [3.05, 3.63) is 12.2 Å². The lowest BCUT2D eigenvalue weighted by Gasteiger charge is -2.11. The molecule has 124 valence electrons. The molecule has 1 rings (SSSR count). The van der Waals surface area contributed by atoms with E-state index in [0.29, 0.717) is 5.92 Å². The highest BCUT2D eigenvalue weighted by Gasteiger charge is 2.24. The minimum atomic E-state index is -0.696. The number of unbranched alkanes of at least 4 members (excludes halogenated alkanes) is 5. The molecule has 0 unspecified atom stereocenters. The molecule has 1 N–H and O–H groups in total. The van der Waals surface area contributed by atoms with Crippen molar-refractivity contribution < 1.29 is 9.90 Å². The van der Waals surface area contributed by atoms with Gasteiger partial charge in [0.2, 0.25) is 0 Å². The summed E-state index contributed by atoms with van der Waals surface area (Å²) in [6.07, 6.45) is 17.5. The van der Waals surface area contributed by atoms with E-state index in [4.69, 9.17) is 5.11 Å². The predicted octanol–water partition coefficient (Wildman–Crippen LogP) is 5.58. The molecule has 0 radical (unpaired) electrons. The summed E-state index contributed by atoms with van der Waals surface area (Å²) in [4.78, 5) is 10.4. The number of carbonyl (C=O) groups is 1. The topological polar surface area (TPSA) is 37.3 Å². The molecule has 0 aromatic heterocycles. The van der Waals surface area contributed by atoms with E-state index in [9.17, 15) is 4.79 Å². The standard InChI is InChI=1S/C20H32O2/c1-2-3-4-5-6-9-13-18-15-12-16-19(18)14-10-7-8-11-17-20(21)22/h7,10,18-19H,2-6,8,11-12,14-17H2,1H3,(H,21,22)/t18-,19-/m0/s1. The van der Waals surface area contributed by atoms with E-state index < -0.39 is 5.97 Å². The van der Waals surface area contributed by atoms with Gasteiger partial charge in [-0.3, -0.25) is 4.79 Å². The minimum Gasteiger partial charge on any atom is -0.481 e. The Kier molecular flexibility index (Phi) is 10.5. The summed E-state index contributed by atoms with van der Waals surface area (Å²) < 4.78 is 0. The maximum Gasteiger partial charge on any atom is 0.303 e. The third kappa shape index (κ3) is 8.93. The molecular formula is C20H32O2. The number of hydrogen-bond donors (Lipinski definition) is 1. The summed E-state index contributed by atoms with van der Waals surface area (Å²) in [7, 11) is 0. The van der Waals surface area contributed by atoms with Crippen LogP contribution in [0, 0.1) is 23.7 Å². The molecule has 0 aromatic rings. The van der Waals surface area contributed by atoms with Crippen molar-refractivity contribution in [3.63, 3.8) is 0 Å². The number of carboxylic acid groups (broad SMARTS) is 1. The molecule has 0 heterocycles. The molecule has 2 heteroatoms. The van der Waals surface area contributed by atoms with Crippen LogP contribution in [0.2, 0.25) is 0 Å². The first-order chi connectivity index (χ1) is 10.7. The fraction of sp³-hybridized carbons (Fsp3) is 0.750. The van der Waals surface area contributed by atoms with Gasteiger partial charge in [0, 0.05) is 18.8 Å². The van der Waals surface area contributed by atoms with Crippen LogP contribution in [0.3, 0.4) is 0 Å². The normalized spacial score (nSPS) is 21.0. The van der Waals surface area contributed by atoms with Crippen molar-refractivity contribution in [3.8, 4) is 11.8 Å². The van der Waals surface area contributed by atoms with Crippen LogP contribution >= 0.6 is 0 Å². The zero-order valence-electron chi connectivity index (χ0n) is 14.2. The van der Waals surface area contributed by atoms with Crippen LogP contribution in [0.1, 0.15) is 84.0 Å². The Morgan fingerprint density at radius 1 is 1.18 bits per heavy atom. The molecule has 0 amide bonds. The van der Waals surface area contributed by atoms with Gasteiger partial charge in [0.15, 0.2) is 0 Å². The van der Waals surface area contributed by atoms with E-state index >= 15 is 0 Å². The highest BCUT2D eigenvalue weighted by Crippen LogP contribution is 2.34. The van der Waals surface area contributed by atoms with E-state index in [0.717, 1.165) is 31.6 Å². The molecule has 1 aliphatic rings. The van der Waals surface area contributed by atoms with Crippen LogP contribution in [0.4, 0.5) is 0 Å². The van der Waals surface area contributed by atoms with Crippen LogP contribution in [-0.2, 0) is 4.79 Å². The van der Waals surface area contributed by atoms with Crippen molar-refractivity contribution in [2.45, 2.75) is 84.0 Å². The molecule has 0 saturated heterocycles. The molecule has 1 saturated carbocycles. The zero-order valence-corrected chi connectivity index (χ0v) is 14.2. The van der Waals surface area contributed by atoms with Gasteiger partial charge >= 0.3 is 5.97 Å². The predicted molar refractivity (Wildman–Crippen MR) is 92.6 cm³/mol. The van der Waals surface area contributed by atoms with Crippen LogP contribution in [0.5, 0.6) is 0 Å². The summed E-state index contributed by atoms with van der Waals surface area (Å²) in [5.41, 5.74) is 0. The van der Waals surface area contributed by atoms with Crippen molar-refractivity contribution in [1.82, 2.24) is 0 Å². The summed E-state index contributed by atoms with van der Waals surface area (Å²) >= 11 is 0. The van der Waals surface area contributed by atoms with Gasteiger partial charge < -0.3 is 5.11 Å². The molecular weight excluding hydrogens is 272 g/mol. The molecule has 1 aliphatic carbocycles. The Balaban J connectivity index is 2.18. The Hall–Kier alpha value is -1.23. The van der Waals surface area contributed by atoms with E-state index in [1.807, 2.05) is 0 Å². The largest absolute Gasteiger partial charge is 0.481 e. The minimum absolute atomic E-state index is 0.278. The fourth-order valence-corrected chi connectivity index (χ4v) is 3.11. The SMILES string of the molecule is CCCCCCC#C[C@H]1CCC[C@@H]1CC=CCCCC(=O)O. The average molecular weight is 304 g/mol. The first kappa shape index (κ1) is 18.8. The van der Waals surface area contributed by atoms with Crippen LogP contribution < -0.4 is 0 Å². The molecule has 1 fully saturated rings. The highest BCUT2D eigenvalue weighted by molar-refractivity contribution is 5.66. The molecule has 0 bridgehead atoms. The van der Waals surface area contributed by atoms with Crippen molar-refractivity contribution in [1.29, 1.82) is 0 Å². The number of aliphatic carboxylic acids is 1. The number of rotatable bonds is 10. The summed E-state index contributed by atoms with van der Waals surface area (Å²) in [5.74, 6) is 7.53. The van der Waals surface area contributed by atoms with Crippen molar-refractivity contribution >= 4 is 5.97 Å². The van der Waals surface area contributed by atoms with E-state index in [-0.39, 0.29) is 6.42 Å². The lowest BCUT2D eigenvalue weighted by Crippen LogP contribution is -2.04. The quantitative estimate of drug-likeness (QED) is 0.325. The van der Waals surface area contributed by atoms with Gasteiger partial charge in [-0.25, -0.2) is 0 Å². The molecule has 2 atom stereocenters. The number of carboxylic acids is 1. The summed E-state index contributed by atoms with van der Waals surface area (Å²) in [5, 5.41) is 8.59. The Bertz CT molecular complexity index is 386. The number of allylic oxidation sites excluding steroid dienone is 2. The first-order valence-corrected chi connectivity index (χ1v) is 9.09. The van der Waals surface area contributed by atoms with Gasteiger partial charge in [-0.1, -0.05) is 50.7 Å². The molecule has 0 spiro atoms. The third-order valence-corrected chi connectivity index (χ3v) is 4.47. The van der Waals surface area contributed by atoms with Gasteiger partial charge in [0.25, 0.3) is 0 Å². The summed E-state index contributed by atoms with van der Waals surface area (Å²) in [6, 6.07) is 0. The lowest BCUT2D eigenvalue weighted by atomic mass is 9.93. The Morgan fingerprint density at radius 3 is 2.82 bits per heavy atom. The van der Waals surface area contributed by atoms with Crippen LogP contribution in [0.25, 0.3) is 0 Å². The Labute approximate surface area is 136 Å². The van der Waals surface area contributed by atoms with E-state index in [1.54, 1.807) is 0 Å². The second-order valence-electron chi connectivity index (χ2n) is 6.42. The van der Waals surface area contributed by atoms with E-state index in [1.165, 1.54) is 44.9 Å². The molecule has 0 aromatic carbocycles. The van der Waals surface area contributed by atoms with Gasteiger partial charge in [0.05, 0.1) is 0 Å². The lowest BCUT2D eigenvalue weighted by molar-refractivity contribution is -0.137. The fourth-order valence-electron chi connectivity index (χ4n) is 3.11. The summed E-state index contributed by atoms with van der Waals surface area (Å²) in [6.45, 7) is 2.24. The van der Waals surface area contributed by atoms with Gasteiger partial charge in [0.1, 0.15) is 0 Å². The average Bonchev–Trinajstić information content (AvgIpc) is 2.93. The maximum absolute atomic E-state index is 10.4. The van der Waals surface area contributed by atoms with Crippen LogP contribution in [-0.4, -0.2) is 11.1 Å². The van der Waals surface area contributed by atoms with Gasteiger partial charge in [-0.05, 0) is 44.4 Å².